The fraction of sp³-hybridized carbons (Fsp3) is 0.875. The minimum absolute atomic E-state index is 0.305. The minimum Gasteiger partial charge on any atom is -0.468 e. The summed E-state index contributed by atoms with van der Waals surface area (Å²) < 4.78 is 9.25. The Hall–Kier alpha value is -0.690. The van der Waals surface area contributed by atoms with Crippen molar-refractivity contribution in [2.45, 2.75) is 25.7 Å². The van der Waals surface area contributed by atoms with Crippen molar-refractivity contribution >= 4 is 5.97 Å². The van der Waals surface area contributed by atoms with Crippen LogP contribution in [0.1, 0.15) is 13.8 Å². The number of rotatable bonds is 6. The van der Waals surface area contributed by atoms with Gasteiger partial charge >= 0.3 is 5.97 Å². The lowest BCUT2D eigenvalue weighted by Gasteiger charge is -2.24. The predicted molar refractivity (Wildman–Crippen MR) is 48.2 cm³/mol. The second-order valence-corrected chi connectivity index (χ2v) is 3.18. The second-order valence-electron chi connectivity index (χ2n) is 3.18. The number of aliphatic hydroxyl groups excluding tert-OH is 1. The normalized spacial score (nSPS) is 13.8. The molecular formula is C8H17NO5. The highest BCUT2D eigenvalue weighted by Crippen LogP contribution is 2.05. The lowest BCUT2D eigenvalue weighted by atomic mass is 10.1. The summed E-state index contributed by atoms with van der Waals surface area (Å²) >= 11 is 0. The molecule has 14 heavy (non-hydrogen) atoms. The van der Waals surface area contributed by atoms with Crippen LogP contribution in [-0.4, -0.2) is 43.7 Å². The van der Waals surface area contributed by atoms with Crippen molar-refractivity contribution < 1.29 is 24.2 Å². The molecule has 0 spiro atoms. The minimum atomic E-state index is -0.985. The van der Waals surface area contributed by atoms with Crippen LogP contribution in [-0.2, 0) is 19.1 Å². The van der Waals surface area contributed by atoms with Gasteiger partial charge in [0.1, 0.15) is 5.54 Å². The molecule has 0 aromatic heterocycles. The van der Waals surface area contributed by atoms with Gasteiger partial charge in [-0.05, 0) is 13.8 Å². The van der Waals surface area contributed by atoms with Gasteiger partial charge in [0.15, 0.2) is 6.29 Å². The third-order valence-corrected chi connectivity index (χ3v) is 1.55. The van der Waals surface area contributed by atoms with Gasteiger partial charge in [0, 0.05) is 7.11 Å². The highest BCUT2D eigenvalue weighted by molar-refractivity contribution is 5.79. The zero-order valence-electron chi connectivity index (χ0n) is 8.86. The highest BCUT2D eigenvalue weighted by atomic mass is 16.8. The lowest BCUT2D eigenvalue weighted by molar-refractivity contribution is -0.205. The fourth-order valence-electron chi connectivity index (χ4n) is 0.670. The molecule has 0 bridgehead atoms. The summed E-state index contributed by atoms with van der Waals surface area (Å²) in [6, 6.07) is 0. The number of methoxy groups -OCH3 is 2. The molecule has 0 aliphatic carbocycles. The summed E-state index contributed by atoms with van der Waals surface area (Å²) in [4.78, 5) is 16.1. The van der Waals surface area contributed by atoms with E-state index in [1.165, 1.54) is 14.2 Å². The van der Waals surface area contributed by atoms with Gasteiger partial charge in [-0.2, -0.15) is 5.48 Å². The number of carbonyl (C=O) groups is 1. The fourth-order valence-corrected chi connectivity index (χ4v) is 0.670. The number of carbonyl (C=O) groups excluding carboxylic acids is 1. The number of hydroxylamine groups is 1. The van der Waals surface area contributed by atoms with Gasteiger partial charge in [0.25, 0.3) is 0 Å². The molecule has 0 heterocycles. The van der Waals surface area contributed by atoms with Gasteiger partial charge in [0.05, 0.1) is 13.7 Å². The average molecular weight is 207 g/mol. The van der Waals surface area contributed by atoms with E-state index in [0.717, 1.165) is 0 Å². The zero-order valence-corrected chi connectivity index (χ0v) is 8.86. The number of hydrogen-bond acceptors (Lipinski definition) is 6. The SMILES string of the molecule is COC(=O)C(C)(C)NOC(CO)OC. The van der Waals surface area contributed by atoms with Crippen molar-refractivity contribution in [3.05, 3.63) is 0 Å². The van der Waals surface area contributed by atoms with Crippen molar-refractivity contribution in [2.24, 2.45) is 0 Å². The van der Waals surface area contributed by atoms with E-state index in [0.29, 0.717) is 0 Å². The summed E-state index contributed by atoms with van der Waals surface area (Å²) in [5, 5.41) is 8.71. The molecule has 1 atom stereocenters. The van der Waals surface area contributed by atoms with E-state index in [4.69, 9.17) is 14.7 Å². The van der Waals surface area contributed by atoms with Crippen LogP contribution in [0.3, 0.4) is 0 Å². The van der Waals surface area contributed by atoms with Gasteiger partial charge in [0.2, 0.25) is 0 Å². The Morgan fingerprint density at radius 1 is 1.50 bits per heavy atom. The molecule has 0 aromatic carbocycles. The standard InChI is InChI=1S/C8H17NO5/c1-8(2,7(11)13-4)9-14-6(5-10)12-3/h6,9-10H,5H2,1-4H3. The Balaban J connectivity index is 4.03. The third kappa shape index (κ3) is 4.01. The first-order valence-electron chi connectivity index (χ1n) is 4.12. The molecule has 0 aromatic rings. The van der Waals surface area contributed by atoms with Crippen LogP contribution < -0.4 is 5.48 Å². The van der Waals surface area contributed by atoms with Crippen LogP contribution in [0.2, 0.25) is 0 Å². The molecule has 1 unspecified atom stereocenters. The molecule has 0 radical (unpaired) electrons. The molecule has 84 valence electrons. The zero-order chi connectivity index (χ0) is 11.2. The van der Waals surface area contributed by atoms with Gasteiger partial charge in [-0.1, -0.05) is 0 Å². The Morgan fingerprint density at radius 2 is 2.07 bits per heavy atom. The maximum Gasteiger partial charge on any atom is 0.327 e. The van der Waals surface area contributed by atoms with Crippen LogP contribution in [0.5, 0.6) is 0 Å². The molecular weight excluding hydrogens is 190 g/mol. The summed E-state index contributed by atoms with van der Waals surface area (Å²) in [5.74, 6) is -0.467. The van der Waals surface area contributed by atoms with Crippen molar-refractivity contribution in [2.75, 3.05) is 20.8 Å². The molecule has 0 saturated carbocycles. The molecule has 0 aliphatic heterocycles. The number of hydrogen-bond donors (Lipinski definition) is 2. The first kappa shape index (κ1) is 13.3. The summed E-state index contributed by atoms with van der Waals surface area (Å²) in [5.41, 5.74) is 1.47. The van der Waals surface area contributed by atoms with E-state index >= 15 is 0 Å². The number of esters is 1. The topological polar surface area (TPSA) is 77.0 Å². The van der Waals surface area contributed by atoms with Gasteiger partial charge in [-0.15, -0.1) is 0 Å². The van der Waals surface area contributed by atoms with Crippen LogP contribution in [0, 0.1) is 0 Å². The Bertz CT molecular complexity index is 179. The van der Waals surface area contributed by atoms with Crippen molar-refractivity contribution in [3.63, 3.8) is 0 Å². The molecule has 6 nitrogen and oxygen atoms in total. The van der Waals surface area contributed by atoms with E-state index in [2.05, 4.69) is 10.2 Å². The molecule has 2 N–H and O–H groups in total. The smallest absolute Gasteiger partial charge is 0.327 e. The first-order chi connectivity index (χ1) is 6.47. The van der Waals surface area contributed by atoms with Crippen LogP contribution in [0.15, 0.2) is 0 Å². The highest BCUT2D eigenvalue weighted by Gasteiger charge is 2.29. The maximum atomic E-state index is 11.2. The van der Waals surface area contributed by atoms with Crippen LogP contribution in [0.25, 0.3) is 0 Å². The third-order valence-electron chi connectivity index (χ3n) is 1.55. The van der Waals surface area contributed by atoms with E-state index in [9.17, 15) is 4.79 Å². The number of aliphatic hydroxyl groups is 1. The summed E-state index contributed by atoms with van der Waals surface area (Å²) in [6.45, 7) is 2.87. The van der Waals surface area contributed by atoms with E-state index in [1.807, 2.05) is 0 Å². The van der Waals surface area contributed by atoms with E-state index in [-0.39, 0.29) is 6.61 Å². The van der Waals surface area contributed by atoms with Crippen molar-refractivity contribution in [1.82, 2.24) is 5.48 Å². The largest absolute Gasteiger partial charge is 0.468 e. The van der Waals surface area contributed by atoms with Crippen LogP contribution in [0.4, 0.5) is 0 Å². The Labute approximate surface area is 83.1 Å². The van der Waals surface area contributed by atoms with Crippen molar-refractivity contribution in [3.8, 4) is 0 Å². The van der Waals surface area contributed by atoms with Gasteiger partial charge in [-0.25, -0.2) is 4.79 Å². The Morgan fingerprint density at radius 3 is 2.43 bits per heavy atom. The molecule has 0 aliphatic rings. The second kappa shape index (κ2) is 5.92. The number of ether oxygens (including phenoxy) is 2. The molecule has 6 heteroatoms. The lowest BCUT2D eigenvalue weighted by Crippen LogP contribution is -2.49. The van der Waals surface area contributed by atoms with Crippen molar-refractivity contribution in [1.29, 1.82) is 0 Å². The molecule has 0 rings (SSSR count). The van der Waals surface area contributed by atoms with Gasteiger partial charge < -0.3 is 14.6 Å². The quantitative estimate of drug-likeness (QED) is 0.345. The average Bonchev–Trinajstić information content (AvgIpc) is 2.18. The number of nitrogens with one attached hydrogen (secondary N) is 1. The monoisotopic (exact) mass is 207 g/mol. The predicted octanol–water partition coefficient (Wildman–Crippen LogP) is -0.576. The maximum absolute atomic E-state index is 11.2. The van der Waals surface area contributed by atoms with Crippen LogP contribution >= 0.6 is 0 Å². The summed E-state index contributed by atoms with van der Waals surface area (Å²) in [6.07, 6.45) is -0.807. The van der Waals surface area contributed by atoms with E-state index in [1.54, 1.807) is 13.8 Å². The Kier molecular flexibility index (Phi) is 5.63. The molecule has 0 fully saturated rings. The first-order valence-corrected chi connectivity index (χ1v) is 4.12. The molecule has 0 saturated heterocycles. The van der Waals surface area contributed by atoms with Gasteiger partial charge in [-0.3, -0.25) is 4.84 Å². The van der Waals surface area contributed by atoms with E-state index < -0.39 is 17.8 Å². The molecule has 0 amide bonds. The summed E-state index contributed by atoms with van der Waals surface area (Å²) in [7, 11) is 2.67.